The topological polar surface area (TPSA) is 32.3 Å². The summed E-state index contributed by atoms with van der Waals surface area (Å²) in [4.78, 5) is 13.4. The molecule has 0 aromatic heterocycles. The summed E-state index contributed by atoms with van der Waals surface area (Å²) in [5, 5.41) is 2.75. The first-order chi connectivity index (χ1) is 7.61. The van der Waals surface area contributed by atoms with Gasteiger partial charge in [0.1, 0.15) is 5.82 Å². The normalized spacial score (nSPS) is 15.4. The Labute approximate surface area is 98.2 Å². The fourth-order valence-electron chi connectivity index (χ4n) is 1.80. The van der Waals surface area contributed by atoms with Gasteiger partial charge in [-0.3, -0.25) is 4.79 Å². The van der Waals surface area contributed by atoms with Crippen LogP contribution in [0.5, 0.6) is 0 Å². The minimum Gasteiger partial charge on any atom is -0.370 e. The average Bonchev–Trinajstić information content (AvgIpc) is 2.38. The van der Waals surface area contributed by atoms with E-state index in [1.165, 1.54) is 12.1 Å². The van der Waals surface area contributed by atoms with Crippen molar-refractivity contribution in [1.29, 1.82) is 0 Å². The fraction of sp³-hybridized carbons (Fsp3) is 0.364. The van der Waals surface area contributed by atoms with E-state index in [2.05, 4.69) is 5.32 Å². The maximum absolute atomic E-state index is 13.4. The van der Waals surface area contributed by atoms with Gasteiger partial charge in [-0.05, 0) is 13.0 Å². The molecule has 16 heavy (non-hydrogen) atoms. The van der Waals surface area contributed by atoms with Gasteiger partial charge < -0.3 is 10.2 Å². The molecule has 0 atom stereocenters. The van der Waals surface area contributed by atoms with Crippen LogP contribution < -0.4 is 10.2 Å². The van der Waals surface area contributed by atoms with E-state index >= 15 is 0 Å². The molecule has 0 saturated heterocycles. The lowest BCUT2D eigenvalue weighted by Gasteiger charge is -2.22. The quantitative estimate of drug-likeness (QED) is 0.821. The summed E-state index contributed by atoms with van der Waals surface area (Å²) in [6, 6.07) is 2.82. The molecule has 0 radical (unpaired) electrons. The summed E-state index contributed by atoms with van der Waals surface area (Å²) in [6.07, 6.45) is 0.405. The van der Waals surface area contributed by atoms with Crippen molar-refractivity contribution in [2.24, 2.45) is 0 Å². The lowest BCUT2D eigenvalue weighted by molar-refractivity contribution is -0.115. The zero-order valence-corrected chi connectivity index (χ0v) is 9.64. The van der Waals surface area contributed by atoms with E-state index in [0.29, 0.717) is 24.3 Å². The number of nitrogens with one attached hydrogen (secondary N) is 1. The molecule has 0 unspecified atom stereocenters. The number of anilines is 2. The van der Waals surface area contributed by atoms with E-state index in [1.54, 1.807) is 0 Å². The Morgan fingerprint density at radius 2 is 2.31 bits per heavy atom. The van der Waals surface area contributed by atoms with Gasteiger partial charge in [0, 0.05) is 25.6 Å². The van der Waals surface area contributed by atoms with Crippen LogP contribution >= 0.6 is 11.6 Å². The summed E-state index contributed by atoms with van der Waals surface area (Å²) < 4.78 is 13.4. The number of hydrogen-bond donors (Lipinski definition) is 1. The second-order valence-electron chi connectivity index (χ2n) is 3.66. The molecule has 1 aromatic carbocycles. The van der Waals surface area contributed by atoms with Crippen LogP contribution in [-0.4, -0.2) is 19.0 Å². The smallest absolute Gasteiger partial charge is 0.226 e. The summed E-state index contributed by atoms with van der Waals surface area (Å²) in [7, 11) is 0. The highest BCUT2D eigenvalue weighted by atomic mass is 35.5. The Bertz CT molecular complexity index is 436. The van der Waals surface area contributed by atoms with Crippen molar-refractivity contribution in [1.82, 2.24) is 0 Å². The molecule has 1 aliphatic rings. The number of halogens is 2. The molecule has 1 aliphatic heterocycles. The third-order valence-corrected chi connectivity index (χ3v) is 2.93. The number of hydrogen-bond acceptors (Lipinski definition) is 2. The van der Waals surface area contributed by atoms with Crippen molar-refractivity contribution in [3.63, 3.8) is 0 Å². The van der Waals surface area contributed by atoms with Gasteiger partial charge in [0.15, 0.2) is 0 Å². The van der Waals surface area contributed by atoms with Crippen LogP contribution in [0.4, 0.5) is 15.8 Å². The number of amides is 1. The predicted octanol–water partition coefficient (Wildman–Crippen LogP) is 2.65. The van der Waals surface area contributed by atoms with E-state index in [0.717, 1.165) is 6.54 Å². The van der Waals surface area contributed by atoms with Gasteiger partial charge in [-0.15, -0.1) is 0 Å². The number of carbonyl (C=O) groups is 1. The number of rotatable bonds is 1. The van der Waals surface area contributed by atoms with Crippen LogP contribution in [-0.2, 0) is 4.79 Å². The Kier molecular flexibility index (Phi) is 3.01. The van der Waals surface area contributed by atoms with Crippen LogP contribution in [0.15, 0.2) is 12.1 Å². The Hall–Kier alpha value is -1.29. The van der Waals surface area contributed by atoms with E-state index in [-0.39, 0.29) is 10.9 Å². The molecule has 3 nitrogen and oxygen atoms in total. The van der Waals surface area contributed by atoms with Gasteiger partial charge in [-0.2, -0.15) is 0 Å². The van der Waals surface area contributed by atoms with Crippen LogP contribution in [0, 0.1) is 5.82 Å². The van der Waals surface area contributed by atoms with Gasteiger partial charge in [0.2, 0.25) is 5.91 Å². The lowest BCUT2D eigenvalue weighted by Crippen LogP contribution is -2.23. The minimum absolute atomic E-state index is 0.0250. The third-order valence-electron chi connectivity index (χ3n) is 2.64. The molecular weight excluding hydrogens is 231 g/mol. The number of nitrogens with zero attached hydrogens (tertiary/aromatic N) is 1. The fourth-order valence-corrected chi connectivity index (χ4v) is 1.96. The molecule has 5 heteroatoms. The monoisotopic (exact) mass is 242 g/mol. The van der Waals surface area contributed by atoms with E-state index in [1.807, 2.05) is 11.8 Å². The Morgan fingerprint density at radius 3 is 3.00 bits per heavy atom. The second-order valence-corrected chi connectivity index (χ2v) is 4.07. The highest BCUT2D eigenvalue weighted by molar-refractivity contribution is 6.31. The van der Waals surface area contributed by atoms with Crippen LogP contribution in [0.1, 0.15) is 13.3 Å². The van der Waals surface area contributed by atoms with E-state index in [4.69, 9.17) is 11.6 Å². The zero-order valence-electron chi connectivity index (χ0n) is 8.89. The molecule has 0 saturated carbocycles. The van der Waals surface area contributed by atoms with Gasteiger partial charge in [-0.1, -0.05) is 11.6 Å². The number of carbonyl (C=O) groups excluding carboxylic acids is 1. The molecular formula is C11H12ClFN2O. The maximum atomic E-state index is 13.4. The molecule has 2 rings (SSSR count). The highest BCUT2D eigenvalue weighted by Crippen LogP contribution is 2.33. The molecule has 0 bridgehead atoms. The van der Waals surface area contributed by atoms with Crippen LogP contribution in [0.3, 0.4) is 0 Å². The van der Waals surface area contributed by atoms with Crippen molar-refractivity contribution in [2.75, 3.05) is 23.3 Å². The molecule has 1 amide bonds. The van der Waals surface area contributed by atoms with Crippen molar-refractivity contribution < 1.29 is 9.18 Å². The van der Waals surface area contributed by atoms with Crippen LogP contribution in [0.25, 0.3) is 0 Å². The minimum atomic E-state index is -0.463. The summed E-state index contributed by atoms with van der Waals surface area (Å²) in [5.41, 5.74) is 1.27. The van der Waals surface area contributed by atoms with Gasteiger partial charge >= 0.3 is 0 Å². The second kappa shape index (κ2) is 4.29. The molecule has 1 heterocycles. The third kappa shape index (κ3) is 1.97. The standard InChI is InChI=1S/C11H12ClFN2O/c1-2-15-4-3-11(16)14-9-5-7(12)8(13)6-10(9)15/h5-6H,2-4H2,1H3,(H,14,16). The van der Waals surface area contributed by atoms with Crippen molar-refractivity contribution in [2.45, 2.75) is 13.3 Å². The Balaban J connectivity index is 2.51. The first kappa shape index (κ1) is 11.2. The number of fused-ring (bicyclic) bond motifs is 1. The lowest BCUT2D eigenvalue weighted by atomic mass is 10.2. The van der Waals surface area contributed by atoms with Crippen LogP contribution in [0.2, 0.25) is 5.02 Å². The maximum Gasteiger partial charge on any atom is 0.226 e. The molecule has 0 spiro atoms. The summed E-state index contributed by atoms with van der Waals surface area (Å²) >= 11 is 5.69. The summed E-state index contributed by atoms with van der Waals surface area (Å²) in [5.74, 6) is -0.533. The largest absolute Gasteiger partial charge is 0.370 e. The molecule has 0 fully saturated rings. The summed E-state index contributed by atoms with van der Waals surface area (Å²) in [6.45, 7) is 3.28. The van der Waals surface area contributed by atoms with Gasteiger partial charge in [-0.25, -0.2) is 4.39 Å². The predicted molar refractivity (Wildman–Crippen MR) is 62.5 cm³/mol. The van der Waals surface area contributed by atoms with Crippen molar-refractivity contribution in [3.05, 3.63) is 23.0 Å². The van der Waals surface area contributed by atoms with Gasteiger partial charge in [0.25, 0.3) is 0 Å². The highest BCUT2D eigenvalue weighted by Gasteiger charge is 2.19. The molecule has 1 aromatic rings. The SMILES string of the molecule is CCN1CCC(=O)Nc2cc(Cl)c(F)cc21. The average molecular weight is 243 g/mol. The zero-order chi connectivity index (χ0) is 11.7. The number of benzene rings is 1. The van der Waals surface area contributed by atoms with Crippen molar-refractivity contribution in [3.8, 4) is 0 Å². The van der Waals surface area contributed by atoms with E-state index in [9.17, 15) is 9.18 Å². The van der Waals surface area contributed by atoms with Gasteiger partial charge in [0.05, 0.1) is 16.4 Å². The van der Waals surface area contributed by atoms with E-state index < -0.39 is 5.82 Å². The molecule has 0 aliphatic carbocycles. The molecule has 1 N–H and O–H groups in total. The first-order valence-corrected chi connectivity index (χ1v) is 5.53. The van der Waals surface area contributed by atoms with Crippen molar-refractivity contribution >= 4 is 28.9 Å². The Morgan fingerprint density at radius 1 is 1.56 bits per heavy atom. The molecule has 86 valence electrons. The first-order valence-electron chi connectivity index (χ1n) is 5.15.